The fraction of sp³-hybridized carbons (Fsp3) is 0.562. The summed E-state index contributed by atoms with van der Waals surface area (Å²) in [4.78, 5) is 4.70. The van der Waals surface area contributed by atoms with Gasteiger partial charge in [-0.25, -0.2) is 4.98 Å². The van der Waals surface area contributed by atoms with Gasteiger partial charge in [-0.3, -0.25) is 0 Å². The maximum atomic E-state index is 5.13. The summed E-state index contributed by atoms with van der Waals surface area (Å²) in [7, 11) is 1.75. The minimum absolute atomic E-state index is 0.747. The highest BCUT2D eigenvalue weighted by molar-refractivity contribution is 5.53. The van der Waals surface area contributed by atoms with Crippen molar-refractivity contribution in [3.8, 4) is 0 Å². The summed E-state index contributed by atoms with van der Waals surface area (Å²) in [6, 6.07) is 5.14. The molecule has 2 aromatic rings. The lowest BCUT2D eigenvalue weighted by Crippen LogP contribution is -2.15. The SMILES string of the molecule is COCCCc1nc(C)c2ccc(CNC3CC3)cn12. The summed E-state index contributed by atoms with van der Waals surface area (Å²) in [5.41, 5.74) is 3.65. The predicted octanol–water partition coefficient (Wildman–Crippen LogP) is 2.47. The normalized spacial score (nSPS) is 15.1. The molecule has 1 aliphatic rings. The molecule has 0 amide bonds. The molecule has 108 valence electrons. The highest BCUT2D eigenvalue weighted by Gasteiger charge is 2.20. The molecule has 0 radical (unpaired) electrons. The van der Waals surface area contributed by atoms with Gasteiger partial charge in [0.25, 0.3) is 0 Å². The van der Waals surface area contributed by atoms with Gasteiger partial charge < -0.3 is 14.5 Å². The number of nitrogens with zero attached hydrogens (tertiary/aromatic N) is 2. The molecule has 0 spiro atoms. The van der Waals surface area contributed by atoms with Crippen molar-refractivity contribution in [1.29, 1.82) is 0 Å². The largest absolute Gasteiger partial charge is 0.385 e. The first-order chi connectivity index (χ1) is 9.78. The Morgan fingerprint density at radius 2 is 2.25 bits per heavy atom. The van der Waals surface area contributed by atoms with Crippen molar-refractivity contribution in [2.24, 2.45) is 0 Å². The second-order valence-electron chi connectivity index (χ2n) is 5.66. The summed E-state index contributed by atoms with van der Waals surface area (Å²) >= 11 is 0. The van der Waals surface area contributed by atoms with Crippen LogP contribution in [-0.4, -0.2) is 29.1 Å². The highest BCUT2D eigenvalue weighted by Crippen LogP contribution is 2.20. The van der Waals surface area contributed by atoms with E-state index in [1.807, 2.05) is 0 Å². The number of hydrogen-bond acceptors (Lipinski definition) is 3. The van der Waals surface area contributed by atoms with E-state index in [9.17, 15) is 0 Å². The number of imidazole rings is 1. The van der Waals surface area contributed by atoms with E-state index in [2.05, 4.69) is 35.0 Å². The van der Waals surface area contributed by atoms with Gasteiger partial charge in [0.05, 0.1) is 11.2 Å². The van der Waals surface area contributed by atoms with Crippen LogP contribution in [0.5, 0.6) is 0 Å². The van der Waals surface area contributed by atoms with Crippen molar-refractivity contribution in [2.45, 2.75) is 45.2 Å². The number of methoxy groups -OCH3 is 1. The fourth-order valence-electron chi connectivity index (χ4n) is 2.56. The van der Waals surface area contributed by atoms with Gasteiger partial charge in [-0.05, 0) is 37.8 Å². The quantitative estimate of drug-likeness (QED) is 0.788. The topological polar surface area (TPSA) is 38.6 Å². The van der Waals surface area contributed by atoms with E-state index in [4.69, 9.17) is 9.72 Å². The van der Waals surface area contributed by atoms with Crippen LogP contribution in [0.1, 0.15) is 36.3 Å². The number of pyridine rings is 1. The van der Waals surface area contributed by atoms with Gasteiger partial charge in [0.1, 0.15) is 5.82 Å². The third kappa shape index (κ3) is 3.02. The first-order valence-corrected chi connectivity index (χ1v) is 7.46. The minimum atomic E-state index is 0.747. The van der Waals surface area contributed by atoms with Crippen LogP contribution in [0.15, 0.2) is 18.3 Å². The van der Waals surface area contributed by atoms with Crippen LogP contribution in [-0.2, 0) is 17.7 Å². The number of aryl methyl sites for hydroxylation is 2. The zero-order chi connectivity index (χ0) is 13.9. The molecule has 0 saturated heterocycles. The Balaban J connectivity index is 1.79. The van der Waals surface area contributed by atoms with Crippen LogP contribution in [0.3, 0.4) is 0 Å². The monoisotopic (exact) mass is 273 g/mol. The van der Waals surface area contributed by atoms with E-state index in [1.165, 1.54) is 23.9 Å². The molecule has 20 heavy (non-hydrogen) atoms. The van der Waals surface area contributed by atoms with Crippen molar-refractivity contribution in [1.82, 2.24) is 14.7 Å². The van der Waals surface area contributed by atoms with Crippen molar-refractivity contribution < 1.29 is 4.74 Å². The molecule has 0 aromatic carbocycles. The van der Waals surface area contributed by atoms with Crippen molar-refractivity contribution in [3.05, 3.63) is 35.4 Å². The molecule has 3 rings (SSSR count). The highest BCUT2D eigenvalue weighted by atomic mass is 16.5. The molecule has 4 heteroatoms. The molecule has 1 saturated carbocycles. The third-order valence-corrected chi connectivity index (χ3v) is 3.88. The van der Waals surface area contributed by atoms with E-state index >= 15 is 0 Å². The second-order valence-corrected chi connectivity index (χ2v) is 5.66. The van der Waals surface area contributed by atoms with Gasteiger partial charge in [0, 0.05) is 38.9 Å². The number of hydrogen-bond donors (Lipinski definition) is 1. The van der Waals surface area contributed by atoms with E-state index in [-0.39, 0.29) is 0 Å². The Hall–Kier alpha value is -1.39. The van der Waals surface area contributed by atoms with Gasteiger partial charge in [-0.1, -0.05) is 6.07 Å². The Morgan fingerprint density at radius 1 is 1.40 bits per heavy atom. The number of aromatic nitrogens is 2. The van der Waals surface area contributed by atoms with E-state index in [0.29, 0.717) is 0 Å². The average molecular weight is 273 g/mol. The van der Waals surface area contributed by atoms with Crippen LogP contribution < -0.4 is 5.32 Å². The molecule has 0 aliphatic heterocycles. The van der Waals surface area contributed by atoms with E-state index in [1.54, 1.807) is 7.11 Å². The zero-order valence-electron chi connectivity index (χ0n) is 12.4. The van der Waals surface area contributed by atoms with Crippen LogP contribution in [0.25, 0.3) is 5.52 Å². The van der Waals surface area contributed by atoms with Gasteiger partial charge in [-0.2, -0.15) is 0 Å². The molecular formula is C16H23N3O. The van der Waals surface area contributed by atoms with Gasteiger partial charge >= 0.3 is 0 Å². The minimum Gasteiger partial charge on any atom is -0.385 e. The lowest BCUT2D eigenvalue weighted by Gasteiger charge is -2.06. The fourth-order valence-corrected chi connectivity index (χ4v) is 2.56. The van der Waals surface area contributed by atoms with Crippen LogP contribution in [0.2, 0.25) is 0 Å². The Labute approximate surface area is 120 Å². The first kappa shape index (κ1) is 13.6. The predicted molar refractivity (Wildman–Crippen MR) is 80.0 cm³/mol. The summed E-state index contributed by atoms with van der Waals surface area (Å²) in [6.07, 6.45) is 6.86. The molecule has 1 fully saturated rings. The summed E-state index contributed by atoms with van der Waals surface area (Å²) in [6.45, 7) is 3.82. The summed E-state index contributed by atoms with van der Waals surface area (Å²) in [5, 5.41) is 3.56. The number of rotatable bonds is 7. The molecule has 0 bridgehead atoms. The smallest absolute Gasteiger partial charge is 0.113 e. The zero-order valence-corrected chi connectivity index (χ0v) is 12.4. The van der Waals surface area contributed by atoms with Gasteiger partial charge in [0.15, 0.2) is 0 Å². The Kier molecular flexibility index (Phi) is 4.03. The number of fused-ring (bicyclic) bond motifs is 1. The molecular weight excluding hydrogens is 250 g/mol. The van der Waals surface area contributed by atoms with E-state index < -0.39 is 0 Å². The lowest BCUT2D eigenvalue weighted by atomic mass is 10.2. The Morgan fingerprint density at radius 3 is 3.00 bits per heavy atom. The van der Waals surface area contributed by atoms with Crippen molar-refractivity contribution in [3.63, 3.8) is 0 Å². The van der Waals surface area contributed by atoms with E-state index in [0.717, 1.165) is 43.6 Å². The standard InChI is InChI=1S/C16H23N3O/c1-12-15-8-5-13(10-17-14-6-7-14)11-19(15)16(18-12)4-3-9-20-2/h5,8,11,14,17H,3-4,6-7,9-10H2,1-2H3. The first-order valence-electron chi connectivity index (χ1n) is 7.46. The maximum Gasteiger partial charge on any atom is 0.113 e. The summed E-state index contributed by atoms with van der Waals surface area (Å²) in [5.74, 6) is 1.14. The molecule has 1 N–H and O–H groups in total. The van der Waals surface area contributed by atoms with Crippen LogP contribution in [0.4, 0.5) is 0 Å². The number of ether oxygens (including phenoxy) is 1. The molecule has 1 aliphatic carbocycles. The lowest BCUT2D eigenvalue weighted by molar-refractivity contribution is 0.194. The van der Waals surface area contributed by atoms with Crippen LogP contribution in [0, 0.1) is 6.92 Å². The molecule has 0 unspecified atom stereocenters. The second kappa shape index (κ2) is 5.94. The van der Waals surface area contributed by atoms with Crippen molar-refractivity contribution >= 4 is 5.52 Å². The maximum absolute atomic E-state index is 5.13. The number of nitrogens with one attached hydrogen (secondary N) is 1. The molecule has 2 aromatic heterocycles. The Bertz CT molecular complexity index is 587. The van der Waals surface area contributed by atoms with Crippen molar-refractivity contribution in [2.75, 3.05) is 13.7 Å². The van der Waals surface area contributed by atoms with Gasteiger partial charge in [-0.15, -0.1) is 0 Å². The molecule has 2 heterocycles. The summed E-state index contributed by atoms with van der Waals surface area (Å²) < 4.78 is 7.38. The molecule has 0 atom stereocenters. The third-order valence-electron chi connectivity index (χ3n) is 3.88. The van der Waals surface area contributed by atoms with Gasteiger partial charge in [0.2, 0.25) is 0 Å². The average Bonchev–Trinajstić information content (AvgIpc) is 3.23. The van der Waals surface area contributed by atoms with Crippen LogP contribution >= 0.6 is 0 Å². The molecule has 4 nitrogen and oxygen atoms in total.